The molecule has 1 aliphatic carbocycles. The van der Waals surface area contributed by atoms with Crippen LogP contribution in [0.5, 0.6) is 0 Å². The van der Waals surface area contributed by atoms with Crippen molar-refractivity contribution in [2.24, 2.45) is 5.41 Å². The lowest BCUT2D eigenvalue weighted by molar-refractivity contribution is 0.130. The van der Waals surface area contributed by atoms with Gasteiger partial charge in [0.2, 0.25) is 0 Å². The molecule has 0 aromatic heterocycles. The molecule has 3 rings (SSSR count). The molecule has 0 radical (unpaired) electrons. The van der Waals surface area contributed by atoms with Gasteiger partial charge in [0.05, 0.1) is 0 Å². The molecule has 1 aromatic rings. The zero-order valence-corrected chi connectivity index (χ0v) is 14.0. The van der Waals surface area contributed by atoms with Crippen molar-refractivity contribution in [2.45, 2.75) is 44.9 Å². The van der Waals surface area contributed by atoms with Gasteiger partial charge < -0.3 is 4.90 Å². The van der Waals surface area contributed by atoms with Gasteiger partial charge in [0.15, 0.2) is 0 Å². The van der Waals surface area contributed by atoms with Crippen molar-refractivity contribution in [2.75, 3.05) is 25.0 Å². The van der Waals surface area contributed by atoms with Gasteiger partial charge in [-0.25, -0.2) is 0 Å². The summed E-state index contributed by atoms with van der Waals surface area (Å²) < 4.78 is 0. The van der Waals surface area contributed by atoms with Crippen LogP contribution in [-0.4, -0.2) is 29.9 Å². The van der Waals surface area contributed by atoms with E-state index in [0.29, 0.717) is 5.41 Å². The maximum Gasteiger partial charge on any atom is 0.0100 e. The van der Waals surface area contributed by atoms with E-state index >= 15 is 0 Å². The number of benzene rings is 1. The average molecular weight is 336 g/mol. The number of rotatable bonds is 3. The Kier molecular flexibility index (Phi) is 4.83. The molecule has 2 heteroatoms. The van der Waals surface area contributed by atoms with E-state index in [-0.39, 0.29) is 0 Å². The predicted molar refractivity (Wildman–Crippen MR) is 89.6 cm³/mol. The molecule has 0 unspecified atom stereocenters. The lowest BCUT2D eigenvalue weighted by Gasteiger charge is -2.40. The largest absolute Gasteiger partial charge is 0.302 e. The molecule has 0 bridgehead atoms. The molecule has 110 valence electrons. The summed E-state index contributed by atoms with van der Waals surface area (Å²) >= 11 is 3.82. The molecule has 1 saturated carbocycles. The number of hydrogen-bond acceptors (Lipinski definition) is 1. The van der Waals surface area contributed by atoms with E-state index in [4.69, 9.17) is 0 Å². The van der Waals surface area contributed by atoms with Gasteiger partial charge in [-0.15, -0.1) is 0 Å². The molecule has 1 fully saturated rings. The summed E-state index contributed by atoms with van der Waals surface area (Å²) in [5.41, 5.74) is 3.70. The van der Waals surface area contributed by atoms with Crippen molar-refractivity contribution in [1.82, 2.24) is 4.90 Å². The summed E-state index contributed by atoms with van der Waals surface area (Å²) in [7, 11) is 0. The van der Waals surface area contributed by atoms with Gasteiger partial charge in [0.1, 0.15) is 0 Å². The maximum absolute atomic E-state index is 3.82. The molecule has 1 aliphatic heterocycles. The van der Waals surface area contributed by atoms with Gasteiger partial charge in [0, 0.05) is 25.0 Å². The monoisotopic (exact) mass is 335 g/mol. The van der Waals surface area contributed by atoms with Crippen LogP contribution in [0.4, 0.5) is 0 Å². The Hall–Kier alpha value is -0.340. The first-order chi connectivity index (χ1) is 9.81. The highest BCUT2D eigenvalue weighted by Crippen LogP contribution is 2.38. The molecule has 0 saturated heterocycles. The highest BCUT2D eigenvalue weighted by Gasteiger charge is 2.33. The van der Waals surface area contributed by atoms with E-state index in [9.17, 15) is 0 Å². The third kappa shape index (κ3) is 3.28. The quantitative estimate of drug-likeness (QED) is 0.738. The number of hydrogen-bond donors (Lipinski definition) is 0. The van der Waals surface area contributed by atoms with Crippen LogP contribution < -0.4 is 0 Å². The lowest BCUT2D eigenvalue weighted by atomic mass is 9.75. The van der Waals surface area contributed by atoms with Gasteiger partial charge >= 0.3 is 0 Å². The fourth-order valence-corrected chi connectivity index (χ4v) is 4.72. The molecule has 0 amide bonds. The smallest absolute Gasteiger partial charge is 0.0100 e. The number of nitrogens with zero attached hydrogens (tertiary/aromatic N) is 1. The number of fused-ring (bicyclic) bond motifs is 1. The van der Waals surface area contributed by atoms with Crippen LogP contribution >= 0.6 is 15.9 Å². The summed E-state index contributed by atoms with van der Waals surface area (Å²) in [6.07, 6.45) is 9.60. The van der Waals surface area contributed by atoms with Gasteiger partial charge in [-0.2, -0.15) is 0 Å². The Labute approximate surface area is 131 Å². The van der Waals surface area contributed by atoms with E-state index in [0.717, 1.165) is 0 Å². The minimum Gasteiger partial charge on any atom is -0.302 e. The Bertz CT molecular complexity index is 410. The van der Waals surface area contributed by atoms with Crippen molar-refractivity contribution >= 4 is 15.9 Å². The minimum absolute atomic E-state index is 0.550. The lowest BCUT2D eigenvalue weighted by Crippen LogP contribution is -2.41. The van der Waals surface area contributed by atoms with Crippen molar-refractivity contribution < 1.29 is 0 Å². The minimum atomic E-state index is 0.550. The topological polar surface area (TPSA) is 3.24 Å². The summed E-state index contributed by atoms with van der Waals surface area (Å²) in [5.74, 6) is 0. The van der Waals surface area contributed by atoms with E-state index in [1.54, 1.807) is 11.1 Å². The molecule has 1 aromatic carbocycles. The Morgan fingerprint density at radius 2 is 1.55 bits per heavy atom. The van der Waals surface area contributed by atoms with Gasteiger partial charge in [-0.1, -0.05) is 59.5 Å². The van der Waals surface area contributed by atoms with Crippen molar-refractivity contribution in [3.05, 3.63) is 35.4 Å². The molecule has 1 heterocycles. The number of halogens is 1. The normalized spacial score (nSPS) is 23.1. The average Bonchev–Trinajstić information content (AvgIpc) is 2.71. The van der Waals surface area contributed by atoms with E-state index in [2.05, 4.69) is 45.1 Å². The summed E-state index contributed by atoms with van der Waals surface area (Å²) in [6, 6.07) is 9.02. The van der Waals surface area contributed by atoms with Crippen LogP contribution in [0.25, 0.3) is 0 Å². The second kappa shape index (κ2) is 6.62. The summed E-state index contributed by atoms with van der Waals surface area (Å²) in [4.78, 5) is 2.73. The molecular weight excluding hydrogens is 310 g/mol. The molecule has 20 heavy (non-hydrogen) atoms. The first-order valence-corrected chi connectivity index (χ1v) is 9.29. The van der Waals surface area contributed by atoms with E-state index < -0.39 is 0 Å². The van der Waals surface area contributed by atoms with Crippen LogP contribution in [0.15, 0.2) is 24.3 Å². The molecule has 0 spiro atoms. The third-order valence-corrected chi connectivity index (χ3v) is 6.46. The zero-order chi connectivity index (χ0) is 13.8. The van der Waals surface area contributed by atoms with Crippen LogP contribution in [0.1, 0.15) is 43.2 Å². The van der Waals surface area contributed by atoms with Crippen molar-refractivity contribution in [3.8, 4) is 0 Å². The van der Waals surface area contributed by atoms with Crippen LogP contribution in [0.3, 0.4) is 0 Å². The third-order valence-electron chi connectivity index (χ3n) is 5.27. The van der Waals surface area contributed by atoms with Crippen molar-refractivity contribution in [1.29, 1.82) is 0 Å². The SMILES string of the molecule is BrCC1(CN2CCc3ccccc3CC2)CCCCC1. The first kappa shape index (κ1) is 14.6. The predicted octanol–water partition coefficient (Wildman–Crippen LogP) is 4.43. The molecule has 0 N–H and O–H groups in total. The van der Waals surface area contributed by atoms with Crippen LogP contribution in [0.2, 0.25) is 0 Å². The van der Waals surface area contributed by atoms with Gasteiger partial charge in [-0.05, 0) is 42.2 Å². The van der Waals surface area contributed by atoms with Crippen LogP contribution in [-0.2, 0) is 12.8 Å². The zero-order valence-electron chi connectivity index (χ0n) is 12.4. The molecule has 2 aliphatic rings. The van der Waals surface area contributed by atoms with Crippen molar-refractivity contribution in [3.63, 3.8) is 0 Å². The first-order valence-electron chi connectivity index (χ1n) is 8.16. The Balaban J connectivity index is 1.64. The summed E-state index contributed by atoms with van der Waals surface area (Å²) in [6.45, 7) is 3.78. The molecule has 1 nitrogen and oxygen atoms in total. The molecular formula is C18H26BrN. The van der Waals surface area contributed by atoms with E-state index in [1.165, 1.54) is 69.9 Å². The fraction of sp³-hybridized carbons (Fsp3) is 0.667. The van der Waals surface area contributed by atoms with Gasteiger partial charge in [0.25, 0.3) is 0 Å². The fourth-order valence-electron chi connectivity index (χ4n) is 3.98. The molecule has 0 atom stereocenters. The second-order valence-corrected chi connectivity index (χ2v) is 7.30. The highest BCUT2D eigenvalue weighted by atomic mass is 79.9. The Morgan fingerprint density at radius 3 is 2.10 bits per heavy atom. The standard InChI is InChI=1S/C18H26BrN/c19-14-18(10-4-1-5-11-18)15-20-12-8-16-6-2-3-7-17(16)9-13-20/h2-3,6-7H,1,4-5,8-15H2. The summed E-state index contributed by atoms with van der Waals surface area (Å²) in [5, 5.41) is 1.18. The highest BCUT2D eigenvalue weighted by molar-refractivity contribution is 9.09. The second-order valence-electron chi connectivity index (χ2n) is 6.74. The maximum atomic E-state index is 3.82. The van der Waals surface area contributed by atoms with Crippen LogP contribution in [0, 0.1) is 5.41 Å². The van der Waals surface area contributed by atoms with E-state index in [1.807, 2.05) is 0 Å². The number of alkyl halides is 1. The van der Waals surface area contributed by atoms with Gasteiger partial charge in [-0.3, -0.25) is 0 Å². The Morgan fingerprint density at radius 1 is 0.950 bits per heavy atom.